The van der Waals surface area contributed by atoms with E-state index in [4.69, 9.17) is 9.16 Å². The molecule has 0 aliphatic heterocycles. The molecule has 1 rings (SSSR count). The van der Waals surface area contributed by atoms with Crippen LogP contribution in [0.2, 0.25) is 18.1 Å². The first kappa shape index (κ1) is 22.9. The first-order chi connectivity index (χ1) is 12.4. The summed E-state index contributed by atoms with van der Waals surface area (Å²) in [5.74, 6) is -1.15. The number of aliphatic hydroxyl groups is 1. The van der Waals surface area contributed by atoms with Crippen molar-refractivity contribution in [3.63, 3.8) is 0 Å². The van der Waals surface area contributed by atoms with Gasteiger partial charge in [-0.15, -0.1) is 0 Å². The van der Waals surface area contributed by atoms with Gasteiger partial charge in [0.25, 0.3) is 0 Å². The number of esters is 1. The molecular formula is C21H36O4Si. The van der Waals surface area contributed by atoms with E-state index in [-0.39, 0.29) is 18.0 Å². The summed E-state index contributed by atoms with van der Waals surface area (Å²) in [6, 6.07) is 13.2. The highest BCUT2D eigenvalue weighted by Gasteiger charge is 2.39. The molecule has 0 bridgehead atoms. The smallest absolute Gasteiger partial charge is 0.311 e. The zero-order valence-electron chi connectivity index (χ0n) is 17.2. The Kier molecular flexibility index (Phi) is 9.54. The predicted molar refractivity (Wildman–Crippen MR) is 108 cm³/mol. The molecule has 5 heteroatoms. The molecule has 0 amide bonds. The van der Waals surface area contributed by atoms with Crippen LogP contribution in [0.1, 0.15) is 53.2 Å². The maximum absolute atomic E-state index is 12.1. The average molecular weight is 381 g/mol. The molecule has 1 aromatic carbocycles. The second-order valence-electron chi connectivity index (χ2n) is 7.08. The molecule has 26 heavy (non-hydrogen) atoms. The third-order valence-corrected chi connectivity index (χ3v) is 10.2. The third kappa shape index (κ3) is 5.66. The fourth-order valence-corrected chi connectivity index (χ4v) is 6.33. The Morgan fingerprint density at radius 3 is 2.04 bits per heavy atom. The Bertz CT molecular complexity index is 522. The zero-order chi connectivity index (χ0) is 19.7. The molecule has 0 saturated heterocycles. The molecule has 0 heterocycles. The number of rotatable bonds is 11. The molecule has 0 aromatic heterocycles. The number of aliphatic hydroxyl groups excluding tert-OH is 1. The Hall–Kier alpha value is -1.17. The minimum absolute atomic E-state index is 0.215. The van der Waals surface area contributed by atoms with Crippen LogP contribution in [0.3, 0.4) is 0 Å². The van der Waals surface area contributed by atoms with Gasteiger partial charge in [-0.3, -0.25) is 4.79 Å². The summed E-state index contributed by atoms with van der Waals surface area (Å²) in [6.07, 6.45) is -1.05. The van der Waals surface area contributed by atoms with Crippen molar-refractivity contribution in [3.05, 3.63) is 35.9 Å². The molecular weight excluding hydrogens is 344 g/mol. The van der Waals surface area contributed by atoms with Crippen LogP contribution in [0.25, 0.3) is 0 Å². The lowest BCUT2D eigenvalue weighted by Crippen LogP contribution is -2.42. The van der Waals surface area contributed by atoms with E-state index in [1.165, 1.54) is 0 Å². The van der Waals surface area contributed by atoms with Crippen molar-refractivity contribution in [2.45, 2.75) is 71.9 Å². The van der Waals surface area contributed by atoms with Gasteiger partial charge >= 0.3 is 5.97 Å². The molecule has 1 N–H and O–H groups in total. The maximum atomic E-state index is 12.1. The van der Waals surface area contributed by atoms with Crippen molar-refractivity contribution in [1.29, 1.82) is 0 Å². The first-order valence-electron chi connectivity index (χ1n) is 9.93. The monoisotopic (exact) mass is 380 g/mol. The van der Waals surface area contributed by atoms with Crippen LogP contribution in [0.5, 0.6) is 0 Å². The number of carbonyl (C=O) groups is 1. The molecule has 0 spiro atoms. The van der Waals surface area contributed by atoms with Crippen LogP contribution in [0.4, 0.5) is 0 Å². The Balaban J connectivity index is 3.13. The number of hydrogen-bond donors (Lipinski definition) is 1. The molecule has 4 nitrogen and oxygen atoms in total. The number of benzene rings is 1. The highest BCUT2D eigenvalue weighted by molar-refractivity contribution is 6.73. The minimum Gasteiger partial charge on any atom is -0.466 e. The predicted octanol–water partition coefficient (Wildman–Crippen LogP) is 4.95. The topological polar surface area (TPSA) is 55.8 Å². The van der Waals surface area contributed by atoms with E-state index in [0.717, 1.165) is 23.7 Å². The summed E-state index contributed by atoms with van der Waals surface area (Å²) in [5.41, 5.74) is 1.06. The lowest BCUT2D eigenvalue weighted by Gasteiger charge is -2.38. The molecule has 1 aromatic rings. The van der Waals surface area contributed by atoms with Crippen molar-refractivity contribution in [2.24, 2.45) is 11.8 Å². The van der Waals surface area contributed by atoms with E-state index in [2.05, 4.69) is 20.8 Å². The minimum atomic E-state index is -1.88. The van der Waals surface area contributed by atoms with E-state index >= 15 is 0 Å². The highest BCUT2D eigenvalue weighted by atomic mass is 28.4. The van der Waals surface area contributed by atoms with E-state index in [1.807, 2.05) is 37.3 Å². The Morgan fingerprint density at radius 1 is 1.04 bits per heavy atom. The summed E-state index contributed by atoms with van der Waals surface area (Å²) in [4.78, 5) is 12.1. The molecule has 148 valence electrons. The Morgan fingerprint density at radius 2 is 1.58 bits per heavy atom. The van der Waals surface area contributed by atoms with Crippen LogP contribution in [-0.2, 0) is 14.0 Å². The normalized spacial score (nSPS) is 16.6. The van der Waals surface area contributed by atoms with Gasteiger partial charge in [-0.25, -0.2) is 0 Å². The van der Waals surface area contributed by atoms with Gasteiger partial charge < -0.3 is 14.3 Å². The SMILES string of the molecule is CCOC(=O)[C@@H](C)[C@H](O)[C@@H](C)[C@H](O[Si](CC)(CC)CC)c1ccccc1. The second kappa shape index (κ2) is 10.9. The van der Waals surface area contributed by atoms with Gasteiger partial charge in [-0.1, -0.05) is 58.0 Å². The van der Waals surface area contributed by atoms with Crippen molar-refractivity contribution in [3.8, 4) is 0 Å². The van der Waals surface area contributed by atoms with Gasteiger partial charge in [0, 0.05) is 5.92 Å². The molecule has 0 aliphatic rings. The Labute approximate surface area is 160 Å². The standard InChI is InChI=1S/C21H36O4Si/c1-7-24-21(23)17(6)19(22)16(5)20(18-14-12-11-13-15-18)25-26(8-2,9-3)10-4/h11-17,19-20,22H,7-10H2,1-6H3/t16-,17+,19-,20+/m1/s1. The van der Waals surface area contributed by atoms with E-state index in [1.54, 1.807) is 13.8 Å². The molecule has 0 unspecified atom stereocenters. The quantitative estimate of drug-likeness (QED) is 0.436. The van der Waals surface area contributed by atoms with Crippen LogP contribution in [-0.4, -0.2) is 32.1 Å². The highest BCUT2D eigenvalue weighted by Crippen LogP contribution is 2.37. The van der Waals surface area contributed by atoms with Gasteiger partial charge in [0.1, 0.15) is 0 Å². The largest absolute Gasteiger partial charge is 0.466 e. The number of ether oxygens (including phenoxy) is 1. The van der Waals surface area contributed by atoms with E-state index in [9.17, 15) is 9.90 Å². The fraction of sp³-hybridized carbons (Fsp3) is 0.667. The lowest BCUT2D eigenvalue weighted by atomic mass is 9.86. The van der Waals surface area contributed by atoms with Crippen molar-refractivity contribution in [1.82, 2.24) is 0 Å². The molecule has 0 aliphatic carbocycles. The van der Waals surface area contributed by atoms with Crippen LogP contribution >= 0.6 is 0 Å². The molecule has 0 fully saturated rings. The van der Waals surface area contributed by atoms with Gasteiger partial charge in [0.2, 0.25) is 0 Å². The lowest BCUT2D eigenvalue weighted by molar-refractivity contribution is -0.153. The summed E-state index contributed by atoms with van der Waals surface area (Å²) in [6.45, 7) is 12.4. The van der Waals surface area contributed by atoms with Crippen molar-refractivity contribution >= 4 is 14.3 Å². The maximum Gasteiger partial charge on any atom is 0.311 e. The first-order valence-corrected chi connectivity index (χ1v) is 12.5. The summed E-state index contributed by atoms with van der Waals surface area (Å²) in [5, 5.41) is 10.9. The van der Waals surface area contributed by atoms with Crippen molar-refractivity contribution < 1.29 is 19.1 Å². The van der Waals surface area contributed by atoms with Gasteiger partial charge in [-0.05, 0) is 37.5 Å². The van der Waals surface area contributed by atoms with Crippen LogP contribution < -0.4 is 0 Å². The molecule has 0 radical (unpaired) electrons. The number of hydrogen-bond acceptors (Lipinski definition) is 4. The third-order valence-electron chi connectivity index (χ3n) is 5.62. The van der Waals surface area contributed by atoms with E-state index < -0.39 is 20.3 Å². The summed E-state index contributed by atoms with van der Waals surface area (Å²) in [7, 11) is -1.88. The zero-order valence-corrected chi connectivity index (χ0v) is 18.2. The van der Waals surface area contributed by atoms with Crippen molar-refractivity contribution in [2.75, 3.05) is 6.61 Å². The van der Waals surface area contributed by atoms with Gasteiger partial charge in [0.05, 0.1) is 24.7 Å². The molecule has 0 saturated carbocycles. The van der Waals surface area contributed by atoms with Gasteiger partial charge in [-0.2, -0.15) is 0 Å². The molecule has 4 atom stereocenters. The fourth-order valence-electron chi connectivity index (χ4n) is 3.44. The second-order valence-corrected chi connectivity index (χ2v) is 11.8. The van der Waals surface area contributed by atoms with Crippen LogP contribution in [0, 0.1) is 11.8 Å². The average Bonchev–Trinajstić information content (AvgIpc) is 2.68. The summed E-state index contributed by atoms with van der Waals surface area (Å²) < 4.78 is 11.9. The van der Waals surface area contributed by atoms with Crippen LogP contribution in [0.15, 0.2) is 30.3 Å². The van der Waals surface area contributed by atoms with E-state index in [0.29, 0.717) is 6.61 Å². The number of carbonyl (C=O) groups excluding carboxylic acids is 1. The van der Waals surface area contributed by atoms with Gasteiger partial charge in [0.15, 0.2) is 8.32 Å². The summed E-state index contributed by atoms with van der Waals surface area (Å²) >= 11 is 0.